The zero-order valence-corrected chi connectivity index (χ0v) is 19.3. The summed E-state index contributed by atoms with van der Waals surface area (Å²) in [4.78, 5) is 14.9. The molecule has 0 radical (unpaired) electrons. The summed E-state index contributed by atoms with van der Waals surface area (Å²) >= 11 is 12.2. The first-order chi connectivity index (χ1) is 13.7. The first kappa shape index (κ1) is 22.8. The fourth-order valence-corrected chi connectivity index (χ4v) is 6.99. The molecule has 6 nitrogen and oxygen atoms in total. The fourth-order valence-electron chi connectivity index (χ4n) is 4.43. The minimum atomic E-state index is -3.79. The molecule has 1 aliphatic carbocycles. The number of benzene rings is 1. The molecule has 162 valence electrons. The molecule has 1 N–H and O–H groups in total. The summed E-state index contributed by atoms with van der Waals surface area (Å²) in [7, 11) is 0.352. The Balaban J connectivity index is 1.59. The number of carbonyl (C=O) groups is 1. The smallest absolute Gasteiger partial charge is 0.246 e. The molecule has 0 aromatic heterocycles. The lowest BCUT2D eigenvalue weighted by Crippen LogP contribution is -2.52. The first-order valence-electron chi connectivity index (χ1n) is 10.1. The molecule has 1 aromatic carbocycles. The molecule has 0 bridgehead atoms. The van der Waals surface area contributed by atoms with Crippen LogP contribution in [0.1, 0.15) is 38.5 Å². The average molecular weight is 462 g/mol. The lowest BCUT2D eigenvalue weighted by Gasteiger charge is -2.37. The molecule has 1 amide bonds. The summed E-state index contributed by atoms with van der Waals surface area (Å²) in [5, 5.41) is 3.36. The number of hydrogen-bond donors (Lipinski definition) is 1. The highest BCUT2D eigenvalue weighted by Gasteiger charge is 2.38. The maximum Gasteiger partial charge on any atom is 0.246 e. The molecular formula is C20H29Cl2N3O3S. The minimum absolute atomic E-state index is 0.0194. The molecule has 3 rings (SSSR count). The van der Waals surface area contributed by atoms with E-state index < -0.39 is 10.0 Å². The zero-order valence-electron chi connectivity index (χ0n) is 17.0. The summed E-state index contributed by atoms with van der Waals surface area (Å²) < 4.78 is 27.3. The molecule has 1 aromatic rings. The van der Waals surface area contributed by atoms with Gasteiger partial charge in [0.15, 0.2) is 0 Å². The highest BCUT2D eigenvalue weighted by molar-refractivity contribution is 7.89. The van der Waals surface area contributed by atoms with Crippen LogP contribution < -0.4 is 5.32 Å². The third kappa shape index (κ3) is 4.74. The second kappa shape index (κ2) is 9.10. The van der Waals surface area contributed by atoms with Crippen molar-refractivity contribution in [2.75, 3.05) is 33.7 Å². The summed E-state index contributed by atoms with van der Waals surface area (Å²) in [6.07, 6.45) is 5.54. The maximum absolute atomic E-state index is 13.0. The average Bonchev–Trinajstić information content (AvgIpc) is 3.16. The molecule has 1 heterocycles. The highest BCUT2D eigenvalue weighted by Crippen LogP contribution is 2.35. The van der Waals surface area contributed by atoms with Crippen molar-refractivity contribution < 1.29 is 13.2 Å². The molecule has 1 saturated heterocycles. The van der Waals surface area contributed by atoms with E-state index >= 15 is 0 Å². The van der Waals surface area contributed by atoms with E-state index in [-0.39, 0.29) is 45.4 Å². The Morgan fingerprint density at radius 2 is 1.72 bits per heavy atom. The largest absolute Gasteiger partial charge is 0.354 e. The van der Waals surface area contributed by atoms with Crippen molar-refractivity contribution in [3.05, 3.63) is 28.2 Å². The lowest BCUT2D eigenvalue weighted by atomic mass is 9.94. The first-order valence-corrected chi connectivity index (χ1v) is 12.3. The van der Waals surface area contributed by atoms with Crippen LogP contribution in [0.2, 0.25) is 10.0 Å². The van der Waals surface area contributed by atoms with Crippen molar-refractivity contribution in [3.63, 3.8) is 0 Å². The summed E-state index contributed by atoms with van der Waals surface area (Å²) in [5.41, 5.74) is 0.0422. The van der Waals surface area contributed by atoms with Crippen molar-refractivity contribution in [1.82, 2.24) is 14.5 Å². The van der Waals surface area contributed by atoms with Crippen LogP contribution in [-0.4, -0.2) is 62.8 Å². The molecular weight excluding hydrogens is 433 g/mol. The molecule has 0 spiro atoms. The molecule has 2 aliphatic rings. The number of rotatable bonds is 6. The lowest BCUT2D eigenvalue weighted by molar-refractivity contribution is -0.126. The van der Waals surface area contributed by atoms with E-state index in [4.69, 9.17) is 23.2 Å². The summed E-state index contributed by atoms with van der Waals surface area (Å²) in [5.74, 6) is -0.158. The van der Waals surface area contributed by atoms with Crippen LogP contribution >= 0.6 is 23.2 Å². The van der Waals surface area contributed by atoms with E-state index in [1.165, 1.54) is 29.3 Å². The topological polar surface area (TPSA) is 69.7 Å². The summed E-state index contributed by atoms with van der Waals surface area (Å²) in [6.45, 7) is 1.20. The summed E-state index contributed by atoms with van der Waals surface area (Å²) in [6, 6.07) is 4.65. The van der Waals surface area contributed by atoms with E-state index in [0.29, 0.717) is 19.4 Å². The molecule has 29 heavy (non-hydrogen) atoms. The standard InChI is InChI=1S/C20H29Cl2N3O3S/c1-24(2)20(10-3-4-11-20)14-23-19(26)15-8-12-25(13-9-15)29(27,28)18-16(21)6-5-7-17(18)22/h5-7,15H,3-4,8-14H2,1-2H3,(H,23,26). The van der Waals surface area contributed by atoms with Gasteiger partial charge < -0.3 is 10.2 Å². The van der Waals surface area contributed by atoms with E-state index in [1.807, 2.05) is 0 Å². The highest BCUT2D eigenvalue weighted by atomic mass is 35.5. The number of nitrogens with zero attached hydrogens (tertiary/aromatic N) is 2. The van der Waals surface area contributed by atoms with Gasteiger partial charge in [-0.3, -0.25) is 4.79 Å². The second-order valence-corrected chi connectivity index (χ2v) is 11.0. The van der Waals surface area contributed by atoms with E-state index in [2.05, 4.69) is 24.3 Å². The van der Waals surface area contributed by atoms with Gasteiger partial charge in [-0.25, -0.2) is 8.42 Å². The molecule has 1 saturated carbocycles. The van der Waals surface area contributed by atoms with Crippen LogP contribution in [0.5, 0.6) is 0 Å². The van der Waals surface area contributed by atoms with Crippen LogP contribution in [0.3, 0.4) is 0 Å². The Bertz CT molecular complexity index is 826. The van der Waals surface area contributed by atoms with Crippen LogP contribution in [-0.2, 0) is 14.8 Å². The Hall–Kier alpha value is -0.860. The number of sulfonamides is 1. The molecule has 2 fully saturated rings. The van der Waals surface area contributed by atoms with Gasteiger partial charge in [-0.15, -0.1) is 0 Å². The van der Waals surface area contributed by atoms with Crippen LogP contribution in [0.15, 0.2) is 23.1 Å². The Kier molecular flexibility index (Phi) is 7.16. The monoisotopic (exact) mass is 461 g/mol. The van der Waals surface area contributed by atoms with Crippen molar-refractivity contribution in [3.8, 4) is 0 Å². The van der Waals surface area contributed by atoms with Gasteiger partial charge in [-0.1, -0.05) is 42.1 Å². The number of nitrogens with one attached hydrogen (secondary N) is 1. The molecule has 0 unspecified atom stereocenters. The minimum Gasteiger partial charge on any atom is -0.354 e. The van der Waals surface area contributed by atoms with Crippen molar-refractivity contribution in [2.24, 2.45) is 5.92 Å². The third-order valence-electron chi connectivity index (χ3n) is 6.42. The predicted molar refractivity (Wildman–Crippen MR) is 116 cm³/mol. The van der Waals surface area contributed by atoms with Gasteiger partial charge in [0.25, 0.3) is 0 Å². The van der Waals surface area contributed by atoms with Crippen molar-refractivity contribution in [1.29, 1.82) is 0 Å². The number of hydrogen-bond acceptors (Lipinski definition) is 4. The van der Waals surface area contributed by atoms with Crippen LogP contribution in [0, 0.1) is 5.92 Å². The molecule has 0 atom stereocenters. The van der Waals surface area contributed by atoms with Gasteiger partial charge in [-0.2, -0.15) is 4.31 Å². The Morgan fingerprint density at radius 1 is 1.17 bits per heavy atom. The fraction of sp³-hybridized carbons (Fsp3) is 0.650. The molecule has 1 aliphatic heterocycles. The van der Waals surface area contributed by atoms with Gasteiger partial charge in [0.1, 0.15) is 4.90 Å². The normalized spacial score (nSPS) is 20.9. The van der Waals surface area contributed by atoms with Gasteiger partial charge in [0.05, 0.1) is 10.0 Å². The van der Waals surface area contributed by atoms with Crippen molar-refractivity contribution in [2.45, 2.75) is 49.0 Å². The maximum atomic E-state index is 13.0. The third-order valence-corrected chi connectivity index (χ3v) is 9.27. The molecule has 9 heteroatoms. The van der Waals surface area contributed by atoms with Gasteiger partial charge in [-0.05, 0) is 51.9 Å². The number of piperidine rings is 1. The Morgan fingerprint density at radius 3 is 2.24 bits per heavy atom. The van der Waals surface area contributed by atoms with E-state index in [0.717, 1.165) is 12.8 Å². The second-order valence-electron chi connectivity index (χ2n) is 8.27. The number of halogens is 2. The quantitative estimate of drug-likeness (QED) is 0.704. The Labute approximate surface area is 183 Å². The van der Waals surface area contributed by atoms with Gasteiger partial charge in [0.2, 0.25) is 15.9 Å². The zero-order chi connectivity index (χ0) is 21.2. The predicted octanol–water partition coefficient (Wildman–Crippen LogP) is 3.38. The van der Waals surface area contributed by atoms with E-state index in [9.17, 15) is 13.2 Å². The van der Waals surface area contributed by atoms with Gasteiger partial charge in [0, 0.05) is 31.1 Å². The SMILES string of the molecule is CN(C)C1(CNC(=O)C2CCN(S(=O)(=O)c3c(Cl)cccc3Cl)CC2)CCCC1. The number of carbonyl (C=O) groups excluding carboxylic acids is 1. The van der Waals surface area contributed by atoms with E-state index in [1.54, 1.807) is 6.07 Å². The number of amides is 1. The van der Waals surface area contributed by atoms with Crippen LogP contribution in [0.25, 0.3) is 0 Å². The van der Waals surface area contributed by atoms with Gasteiger partial charge >= 0.3 is 0 Å². The van der Waals surface area contributed by atoms with Crippen molar-refractivity contribution >= 4 is 39.1 Å². The van der Waals surface area contributed by atoms with Crippen LogP contribution in [0.4, 0.5) is 0 Å². The number of likely N-dealkylation sites (N-methyl/N-ethyl adjacent to an activating group) is 1.